The molecule has 1 aliphatic heterocycles. The number of nitrogens with zero attached hydrogens (tertiary/aromatic N) is 1. The number of benzene rings is 2. The molecule has 0 spiro atoms. The summed E-state index contributed by atoms with van der Waals surface area (Å²) in [5.74, 6) is 0.546. The molecule has 0 atom stereocenters. The van der Waals surface area contributed by atoms with Crippen LogP contribution in [-0.4, -0.2) is 31.4 Å². The van der Waals surface area contributed by atoms with Gasteiger partial charge in [0.1, 0.15) is 0 Å². The number of amides is 2. The van der Waals surface area contributed by atoms with Gasteiger partial charge in [0.15, 0.2) is 11.5 Å². The van der Waals surface area contributed by atoms with Crippen molar-refractivity contribution in [3.8, 4) is 11.5 Å². The summed E-state index contributed by atoms with van der Waals surface area (Å²) in [5, 5.41) is 6.38. The number of fused-ring (bicyclic) bond motifs is 1. The van der Waals surface area contributed by atoms with E-state index in [4.69, 9.17) is 9.47 Å². The fourth-order valence-electron chi connectivity index (χ4n) is 2.10. The smallest absolute Gasteiger partial charge is 0.259 e. The van der Waals surface area contributed by atoms with Gasteiger partial charge in [-0.1, -0.05) is 22.0 Å². The Morgan fingerprint density at radius 3 is 2.84 bits per heavy atom. The highest BCUT2D eigenvalue weighted by Gasteiger charge is 2.12. The molecule has 25 heavy (non-hydrogen) atoms. The topological polar surface area (TPSA) is 89.0 Å². The Bertz CT molecular complexity index is 838. The van der Waals surface area contributed by atoms with Gasteiger partial charge in [0.2, 0.25) is 6.79 Å². The second-order valence-electron chi connectivity index (χ2n) is 5.10. The summed E-state index contributed by atoms with van der Waals surface area (Å²) in [4.78, 5) is 23.7. The van der Waals surface area contributed by atoms with Gasteiger partial charge in [-0.3, -0.25) is 9.59 Å². The maximum Gasteiger partial charge on any atom is 0.259 e. The lowest BCUT2D eigenvalue weighted by Gasteiger charge is -2.04. The van der Waals surface area contributed by atoms with Crippen molar-refractivity contribution in [1.29, 1.82) is 0 Å². The van der Waals surface area contributed by atoms with Crippen LogP contribution in [0.15, 0.2) is 52.0 Å². The molecule has 2 N–H and O–H groups in total. The maximum atomic E-state index is 11.9. The zero-order valence-electron chi connectivity index (χ0n) is 13.0. The fraction of sp³-hybridized carbons (Fsp3) is 0.118. The molecule has 0 fully saturated rings. The minimum atomic E-state index is -0.430. The van der Waals surface area contributed by atoms with E-state index in [0.717, 1.165) is 10.0 Å². The van der Waals surface area contributed by atoms with Gasteiger partial charge in [-0.25, -0.2) is 5.43 Å². The number of hydrogen-bond acceptors (Lipinski definition) is 5. The molecule has 0 radical (unpaired) electrons. The summed E-state index contributed by atoms with van der Waals surface area (Å²) in [6.45, 7) is 0.0220. The van der Waals surface area contributed by atoms with Crippen molar-refractivity contribution in [3.05, 3.63) is 58.1 Å². The molecule has 3 rings (SSSR count). The molecule has 1 aliphatic rings. The van der Waals surface area contributed by atoms with Crippen molar-refractivity contribution in [2.24, 2.45) is 5.10 Å². The molecular formula is C17H14BrN3O4. The first-order chi connectivity index (χ1) is 12.1. The highest BCUT2D eigenvalue weighted by Crippen LogP contribution is 2.31. The van der Waals surface area contributed by atoms with Crippen LogP contribution in [0.4, 0.5) is 0 Å². The van der Waals surface area contributed by atoms with E-state index < -0.39 is 5.91 Å². The van der Waals surface area contributed by atoms with Crippen molar-refractivity contribution in [2.75, 3.05) is 13.3 Å². The van der Waals surface area contributed by atoms with Crippen molar-refractivity contribution in [1.82, 2.24) is 10.7 Å². The number of hydrogen-bond donors (Lipinski definition) is 2. The normalized spacial score (nSPS) is 12.2. The summed E-state index contributed by atoms with van der Waals surface area (Å²) in [7, 11) is 0. The standard InChI is InChI=1S/C17H14BrN3O4/c18-13-3-1-2-12(7-13)17(23)19-9-16(22)21-20-8-11-4-5-14-15(6-11)25-10-24-14/h1-8H,9-10H2,(H,19,23)(H,21,22)/b20-8-. The predicted octanol–water partition coefficient (Wildman–Crippen LogP) is 2.06. The van der Waals surface area contributed by atoms with Crippen LogP contribution in [0.2, 0.25) is 0 Å². The number of halogens is 1. The molecule has 8 heteroatoms. The third kappa shape index (κ3) is 4.57. The van der Waals surface area contributed by atoms with Gasteiger partial charge in [0, 0.05) is 10.0 Å². The van der Waals surface area contributed by atoms with E-state index in [1.54, 1.807) is 36.4 Å². The van der Waals surface area contributed by atoms with Crippen LogP contribution < -0.4 is 20.2 Å². The molecular weight excluding hydrogens is 390 g/mol. The SMILES string of the molecule is O=C(CNC(=O)c1cccc(Br)c1)N/N=C\c1ccc2c(c1)OCO2. The minimum Gasteiger partial charge on any atom is -0.454 e. The van der Waals surface area contributed by atoms with Gasteiger partial charge in [-0.05, 0) is 42.0 Å². The summed E-state index contributed by atoms with van der Waals surface area (Å²) in [5.41, 5.74) is 3.57. The van der Waals surface area contributed by atoms with Crippen molar-refractivity contribution < 1.29 is 19.1 Å². The molecule has 0 aromatic heterocycles. The molecule has 0 unspecified atom stereocenters. The molecule has 0 saturated carbocycles. The maximum absolute atomic E-state index is 11.9. The van der Waals surface area contributed by atoms with E-state index in [1.165, 1.54) is 6.21 Å². The molecule has 0 saturated heterocycles. The van der Waals surface area contributed by atoms with Crippen molar-refractivity contribution in [2.45, 2.75) is 0 Å². The van der Waals surface area contributed by atoms with Crippen LogP contribution >= 0.6 is 15.9 Å². The highest BCUT2D eigenvalue weighted by atomic mass is 79.9. The Hall–Kier alpha value is -2.87. The van der Waals surface area contributed by atoms with Gasteiger partial charge in [-0.15, -0.1) is 0 Å². The minimum absolute atomic E-state index is 0.177. The second kappa shape index (κ2) is 7.80. The van der Waals surface area contributed by atoms with E-state index in [-0.39, 0.29) is 19.2 Å². The lowest BCUT2D eigenvalue weighted by molar-refractivity contribution is -0.120. The molecule has 2 aromatic rings. The van der Waals surface area contributed by atoms with Crippen molar-refractivity contribution >= 4 is 34.0 Å². The molecule has 2 amide bonds. The zero-order valence-corrected chi connectivity index (χ0v) is 14.6. The van der Waals surface area contributed by atoms with Crippen LogP contribution in [0.5, 0.6) is 11.5 Å². The number of carbonyl (C=O) groups excluding carboxylic acids is 2. The van der Waals surface area contributed by atoms with Crippen LogP contribution in [0.3, 0.4) is 0 Å². The van der Waals surface area contributed by atoms with Crippen LogP contribution in [-0.2, 0) is 4.79 Å². The van der Waals surface area contributed by atoms with Gasteiger partial charge in [-0.2, -0.15) is 5.10 Å². The lowest BCUT2D eigenvalue weighted by atomic mass is 10.2. The van der Waals surface area contributed by atoms with Gasteiger partial charge in [0.05, 0.1) is 12.8 Å². The van der Waals surface area contributed by atoms with E-state index in [9.17, 15) is 9.59 Å². The predicted molar refractivity (Wildman–Crippen MR) is 94.8 cm³/mol. The third-order valence-corrected chi connectivity index (χ3v) is 3.79. The summed E-state index contributed by atoms with van der Waals surface area (Å²) >= 11 is 3.29. The quantitative estimate of drug-likeness (QED) is 0.590. The fourth-order valence-corrected chi connectivity index (χ4v) is 2.50. The number of ether oxygens (including phenoxy) is 2. The van der Waals surface area contributed by atoms with E-state index in [2.05, 4.69) is 31.8 Å². The number of rotatable bonds is 5. The third-order valence-electron chi connectivity index (χ3n) is 3.30. The highest BCUT2D eigenvalue weighted by molar-refractivity contribution is 9.10. The Morgan fingerprint density at radius 2 is 2.00 bits per heavy atom. The van der Waals surface area contributed by atoms with Crippen LogP contribution in [0.1, 0.15) is 15.9 Å². The largest absolute Gasteiger partial charge is 0.454 e. The Kier molecular flexibility index (Phi) is 5.30. The second-order valence-corrected chi connectivity index (χ2v) is 6.01. The lowest BCUT2D eigenvalue weighted by Crippen LogP contribution is -2.34. The Balaban J connectivity index is 1.47. The summed E-state index contributed by atoms with van der Waals surface area (Å²) in [6, 6.07) is 12.2. The van der Waals surface area contributed by atoms with E-state index >= 15 is 0 Å². The zero-order chi connectivity index (χ0) is 17.6. The Morgan fingerprint density at radius 1 is 1.16 bits per heavy atom. The molecule has 128 valence electrons. The van der Waals surface area contributed by atoms with Crippen LogP contribution in [0.25, 0.3) is 0 Å². The summed E-state index contributed by atoms with van der Waals surface area (Å²) in [6.07, 6.45) is 1.48. The molecule has 7 nitrogen and oxygen atoms in total. The first-order valence-corrected chi connectivity index (χ1v) is 8.16. The first-order valence-electron chi connectivity index (χ1n) is 7.37. The number of hydrazone groups is 1. The van der Waals surface area contributed by atoms with Crippen LogP contribution in [0, 0.1) is 0 Å². The number of carbonyl (C=O) groups is 2. The Labute approximate surface area is 152 Å². The molecule has 2 aromatic carbocycles. The van der Waals surface area contributed by atoms with Gasteiger partial charge >= 0.3 is 0 Å². The van der Waals surface area contributed by atoms with Crippen molar-refractivity contribution in [3.63, 3.8) is 0 Å². The first kappa shape index (κ1) is 17.0. The molecule has 0 aliphatic carbocycles. The monoisotopic (exact) mass is 403 g/mol. The molecule has 1 heterocycles. The van der Waals surface area contributed by atoms with E-state index in [1.807, 2.05) is 6.07 Å². The number of nitrogens with one attached hydrogen (secondary N) is 2. The average Bonchev–Trinajstić information content (AvgIpc) is 3.07. The summed E-state index contributed by atoms with van der Waals surface area (Å²) < 4.78 is 11.3. The van der Waals surface area contributed by atoms with Gasteiger partial charge < -0.3 is 14.8 Å². The average molecular weight is 404 g/mol. The van der Waals surface area contributed by atoms with E-state index in [0.29, 0.717) is 17.1 Å². The molecule has 0 bridgehead atoms. The van der Waals surface area contributed by atoms with Gasteiger partial charge in [0.25, 0.3) is 11.8 Å².